The standard InChI is InChI=1S/C8H17O2P/c1-4-6-7-8(3,5-2)10-11-9/h4-7H2,1-3H3. The van der Waals surface area contributed by atoms with E-state index in [4.69, 9.17) is 4.52 Å². The SMILES string of the molecule is CCCCC(C)(CC)OP=O. The molecule has 0 aromatic heterocycles. The predicted octanol–water partition coefficient (Wildman–Crippen LogP) is 3.57. The van der Waals surface area contributed by atoms with E-state index in [1.165, 1.54) is 0 Å². The minimum Gasteiger partial charge on any atom is -0.288 e. The van der Waals surface area contributed by atoms with Crippen LogP contribution in [0.1, 0.15) is 46.5 Å². The van der Waals surface area contributed by atoms with Gasteiger partial charge in [-0.15, -0.1) is 0 Å². The van der Waals surface area contributed by atoms with Crippen LogP contribution in [0.25, 0.3) is 0 Å². The first-order valence-electron chi connectivity index (χ1n) is 4.19. The van der Waals surface area contributed by atoms with Gasteiger partial charge in [-0.05, 0) is 19.8 Å². The number of rotatable bonds is 6. The van der Waals surface area contributed by atoms with Crippen LogP contribution >= 0.6 is 8.69 Å². The van der Waals surface area contributed by atoms with Gasteiger partial charge < -0.3 is 0 Å². The van der Waals surface area contributed by atoms with Crippen molar-refractivity contribution in [3.05, 3.63) is 0 Å². The summed E-state index contributed by atoms with van der Waals surface area (Å²) in [6.45, 7) is 6.21. The van der Waals surface area contributed by atoms with Gasteiger partial charge in [0.15, 0.2) is 0 Å². The normalized spacial score (nSPS) is 16.6. The molecular weight excluding hydrogens is 159 g/mol. The fourth-order valence-corrected chi connectivity index (χ4v) is 1.33. The monoisotopic (exact) mass is 176 g/mol. The highest BCUT2D eigenvalue weighted by Gasteiger charge is 2.22. The molecule has 0 rings (SSSR count). The van der Waals surface area contributed by atoms with E-state index in [0.717, 1.165) is 25.7 Å². The molecule has 2 nitrogen and oxygen atoms in total. The van der Waals surface area contributed by atoms with E-state index in [2.05, 4.69) is 13.8 Å². The summed E-state index contributed by atoms with van der Waals surface area (Å²) in [5, 5.41) is 0. The molecular formula is C8H17O2P. The van der Waals surface area contributed by atoms with Crippen molar-refractivity contribution in [3.63, 3.8) is 0 Å². The van der Waals surface area contributed by atoms with Crippen molar-refractivity contribution in [1.29, 1.82) is 0 Å². The average Bonchev–Trinajstić information content (AvgIpc) is 2.02. The summed E-state index contributed by atoms with van der Waals surface area (Å²) in [7, 11) is -0.195. The second-order valence-corrected chi connectivity index (χ2v) is 3.40. The molecule has 0 saturated carbocycles. The second kappa shape index (κ2) is 5.68. The van der Waals surface area contributed by atoms with E-state index in [1.54, 1.807) is 0 Å². The zero-order valence-corrected chi connectivity index (χ0v) is 8.49. The zero-order valence-electron chi connectivity index (χ0n) is 7.59. The molecule has 1 unspecified atom stereocenters. The molecule has 0 spiro atoms. The van der Waals surface area contributed by atoms with Crippen LogP contribution in [0, 0.1) is 0 Å². The van der Waals surface area contributed by atoms with Gasteiger partial charge in [-0.25, -0.2) is 4.57 Å². The summed E-state index contributed by atoms with van der Waals surface area (Å²) in [6, 6.07) is 0. The molecule has 0 amide bonds. The number of unbranched alkanes of at least 4 members (excludes halogenated alkanes) is 1. The first kappa shape index (κ1) is 11.1. The van der Waals surface area contributed by atoms with Crippen molar-refractivity contribution in [3.8, 4) is 0 Å². The number of hydrogen-bond acceptors (Lipinski definition) is 2. The van der Waals surface area contributed by atoms with Crippen molar-refractivity contribution < 1.29 is 9.09 Å². The van der Waals surface area contributed by atoms with E-state index < -0.39 is 0 Å². The van der Waals surface area contributed by atoms with Crippen molar-refractivity contribution in [2.24, 2.45) is 0 Å². The van der Waals surface area contributed by atoms with Gasteiger partial charge in [0.05, 0.1) is 5.60 Å². The summed E-state index contributed by atoms with van der Waals surface area (Å²) in [5.74, 6) is 0. The first-order chi connectivity index (χ1) is 5.18. The summed E-state index contributed by atoms with van der Waals surface area (Å²) in [4.78, 5) is 0. The van der Waals surface area contributed by atoms with E-state index in [9.17, 15) is 4.57 Å². The summed E-state index contributed by atoms with van der Waals surface area (Å²) in [6.07, 6.45) is 4.21. The van der Waals surface area contributed by atoms with Crippen molar-refractivity contribution in [2.75, 3.05) is 0 Å². The zero-order chi connectivity index (χ0) is 8.74. The van der Waals surface area contributed by atoms with Crippen molar-refractivity contribution in [2.45, 2.75) is 52.1 Å². The van der Waals surface area contributed by atoms with Gasteiger partial charge in [0, 0.05) is 0 Å². The molecule has 1 atom stereocenters. The molecule has 0 aliphatic heterocycles. The van der Waals surface area contributed by atoms with Gasteiger partial charge in [0.25, 0.3) is 0 Å². The molecule has 3 heteroatoms. The molecule has 0 fully saturated rings. The van der Waals surface area contributed by atoms with E-state index in [1.807, 2.05) is 6.92 Å². The van der Waals surface area contributed by atoms with Crippen LogP contribution in [-0.4, -0.2) is 5.60 Å². The Labute approximate surface area is 70.6 Å². The van der Waals surface area contributed by atoms with E-state index in [0.29, 0.717) is 0 Å². The van der Waals surface area contributed by atoms with E-state index in [-0.39, 0.29) is 14.3 Å². The van der Waals surface area contributed by atoms with Gasteiger partial charge in [0.1, 0.15) is 0 Å². The Kier molecular flexibility index (Phi) is 5.71. The predicted molar refractivity (Wildman–Crippen MR) is 46.9 cm³/mol. The van der Waals surface area contributed by atoms with Gasteiger partial charge in [-0.1, -0.05) is 26.7 Å². The molecule has 0 aromatic carbocycles. The lowest BCUT2D eigenvalue weighted by molar-refractivity contribution is 0.0883. The maximum absolute atomic E-state index is 10.2. The van der Waals surface area contributed by atoms with Gasteiger partial charge in [0.2, 0.25) is 0 Å². The molecule has 0 bridgehead atoms. The van der Waals surface area contributed by atoms with Gasteiger partial charge in [-0.2, -0.15) is 0 Å². The lowest BCUT2D eigenvalue weighted by Crippen LogP contribution is -2.23. The second-order valence-electron chi connectivity index (χ2n) is 3.07. The number of hydrogen-bond donors (Lipinski definition) is 0. The van der Waals surface area contributed by atoms with Crippen molar-refractivity contribution >= 4 is 8.69 Å². The average molecular weight is 176 g/mol. The molecule has 11 heavy (non-hydrogen) atoms. The maximum atomic E-state index is 10.2. The molecule has 66 valence electrons. The molecule has 0 N–H and O–H groups in total. The van der Waals surface area contributed by atoms with Crippen LogP contribution in [0.5, 0.6) is 0 Å². The molecule has 0 heterocycles. The Morgan fingerprint density at radius 2 is 2.09 bits per heavy atom. The highest BCUT2D eigenvalue weighted by Crippen LogP contribution is 2.26. The Bertz CT molecular complexity index is 117. The molecule has 0 aliphatic carbocycles. The Balaban J connectivity index is 3.77. The van der Waals surface area contributed by atoms with Gasteiger partial charge >= 0.3 is 8.69 Å². The third-order valence-corrected chi connectivity index (χ3v) is 2.58. The van der Waals surface area contributed by atoms with Crippen LogP contribution in [0.3, 0.4) is 0 Å². The Morgan fingerprint density at radius 1 is 1.45 bits per heavy atom. The smallest absolute Gasteiger partial charge is 0.288 e. The van der Waals surface area contributed by atoms with Crippen LogP contribution in [-0.2, 0) is 9.09 Å². The third-order valence-electron chi connectivity index (χ3n) is 2.06. The summed E-state index contributed by atoms with van der Waals surface area (Å²) < 4.78 is 15.3. The lowest BCUT2D eigenvalue weighted by atomic mass is 9.97. The topological polar surface area (TPSA) is 26.3 Å². The molecule has 0 aliphatic rings. The quantitative estimate of drug-likeness (QED) is 0.578. The highest BCUT2D eigenvalue weighted by atomic mass is 31.1. The van der Waals surface area contributed by atoms with Crippen LogP contribution in [0.2, 0.25) is 0 Å². The summed E-state index contributed by atoms with van der Waals surface area (Å²) in [5.41, 5.74) is -0.181. The van der Waals surface area contributed by atoms with Crippen LogP contribution in [0.15, 0.2) is 0 Å². The largest absolute Gasteiger partial charge is 0.327 e. The molecule has 0 radical (unpaired) electrons. The third kappa shape index (κ3) is 4.49. The minimum atomic E-state index is -0.195. The lowest BCUT2D eigenvalue weighted by Gasteiger charge is -2.23. The van der Waals surface area contributed by atoms with Gasteiger partial charge in [-0.3, -0.25) is 4.52 Å². The Hall–Kier alpha value is 0.0600. The summed E-state index contributed by atoms with van der Waals surface area (Å²) >= 11 is 0. The minimum absolute atomic E-state index is 0.181. The van der Waals surface area contributed by atoms with E-state index >= 15 is 0 Å². The Morgan fingerprint density at radius 3 is 2.45 bits per heavy atom. The molecule has 0 saturated heterocycles. The fourth-order valence-electron chi connectivity index (χ4n) is 0.928. The maximum Gasteiger partial charge on any atom is 0.327 e. The molecule has 0 aromatic rings. The first-order valence-corrected chi connectivity index (χ1v) is 4.92. The van der Waals surface area contributed by atoms with Crippen LogP contribution < -0.4 is 0 Å². The van der Waals surface area contributed by atoms with Crippen molar-refractivity contribution in [1.82, 2.24) is 0 Å². The highest BCUT2D eigenvalue weighted by molar-refractivity contribution is 7.17. The fraction of sp³-hybridized carbons (Fsp3) is 1.00. The van der Waals surface area contributed by atoms with Crippen LogP contribution in [0.4, 0.5) is 0 Å².